The summed E-state index contributed by atoms with van der Waals surface area (Å²) in [7, 11) is -3.48. The van der Waals surface area contributed by atoms with Gasteiger partial charge in [0.15, 0.2) is 0 Å². The maximum atomic E-state index is 12.5. The number of nitrogens with one attached hydrogen (secondary N) is 1. The molecule has 0 aliphatic carbocycles. The van der Waals surface area contributed by atoms with E-state index in [-0.39, 0.29) is 29.3 Å². The lowest BCUT2D eigenvalue weighted by molar-refractivity contribution is 0.0940. The van der Waals surface area contributed by atoms with E-state index in [0.29, 0.717) is 24.3 Å². The highest BCUT2D eigenvalue weighted by atomic mass is 35.5. The van der Waals surface area contributed by atoms with Gasteiger partial charge < -0.3 is 11.1 Å². The number of amides is 1. The maximum absolute atomic E-state index is 12.5. The van der Waals surface area contributed by atoms with Crippen molar-refractivity contribution in [3.8, 4) is 0 Å². The highest BCUT2D eigenvalue weighted by molar-refractivity contribution is 7.89. The van der Waals surface area contributed by atoms with E-state index in [1.165, 1.54) is 4.31 Å². The van der Waals surface area contributed by atoms with Crippen molar-refractivity contribution in [1.82, 2.24) is 9.62 Å². The molecule has 3 N–H and O–H groups in total. The lowest BCUT2D eigenvalue weighted by Gasteiger charge is -2.19. The van der Waals surface area contributed by atoms with Crippen LogP contribution >= 0.6 is 12.4 Å². The first kappa shape index (κ1) is 23.0. The van der Waals surface area contributed by atoms with Crippen molar-refractivity contribution < 1.29 is 13.2 Å². The summed E-state index contributed by atoms with van der Waals surface area (Å²) in [5.74, 6) is -0.232. The summed E-state index contributed by atoms with van der Waals surface area (Å²) in [5, 5.41) is 2.89. The zero-order chi connectivity index (χ0) is 19.3. The molecule has 0 aliphatic rings. The third-order valence-corrected chi connectivity index (χ3v) is 6.28. The molecular formula is C19H26ClN3O3S. The molecule has 1 unspecified atom stereocenters. The number of hydrogen-bond acceptors (Lipinski definition) is 4. The highest BCUT2D eigenvalue weighted by Gasteiger charge is 2.21. The van der Waals surface area contributed by atoms with Gasteiger partial charge in [-0.05, 0) is 42.8 Å². The van der Waals surface area contributed by atoms with Gasteiger partial charge >= 0.3 is 0 Å². The first-order valence-corrected chi connectivity index (χ1v) is 10.00. The number of nitrogens with zero attached hydrogens (tertiary/aromatic N) is 1. The Balaban J connectivity index is 0.00000364. The van der Waals surface area contributed by atoms with Gasteiger partial charge in [-0.25, -0.2) is 8.42 Å². The van der Waals surface area contributed by atoms with E-state index >= 15 is 0 Å². The van der Waals surface area contributed by atoms with Gasteiger partial charge in [0, 0.05) is 24.3 Å². The van der Waals surface area contributed by atoms with Crippen LogP contribution in [0.15, 0.2) is 53.4 Å². The maximum Gasteiger partial charge on any atom is 0.251 e. The molecule has 0 fully saturated rings. The van der Waals surface area contributed by atoms with Gasteiger partial charge in [0.2, 0.25) is 10.0 Å². The largest absolute Gasteiger partial charge is 0.399 e. The van der Waals surface area contributed by atoms with E-state index in [9.17, 15) is 13.2 Å². The van der Waals surface area contributed by atoms with Crippen molar-refractivity contribution in [3.05, 3.63) is 59.7 Å². The van der Waals surface area contributed by atoms with E-state index in [1.807, 2.05) is 20.8 Å². The Morgan fingerprint density at radius 2 is 1.70 bits per heavy atom. The molecule has 0 aromatic heterocycles. The molecule has 2 aromatic carbocycles. The van der Waals surface area contributed by atoms with Crippen LogP contribution in [-0.2, 0) is 10.0 Å². The van der Waals surface area contributed by atoms with E-state index in [1.54, 1.807) is 48.5 Å². The zero-order valence-electron chi connectivity index (χ0n) is 15.7. The molecule has 0 heterocycles. The first-order chi connectivity index (χ1) is 12.3. The SMILES string of the molecule is CCN(CC)S(=O)(=O)c1ccc(C(C)NC(=O)c2cccc(N)c2)cc1.Cl. The number of benzene rings is 2. The number of sulfonamides is 1. The van der Waals surface area contributed by atoms with Gasteiger partial charge in [-0.15, -0.1) is 12.4 Å². The Hall–Kier alpha value is -2.09. The molecule has 1 atom stereocenters. The number of nitrogens with two attached hydrogens (primary N) is 1. The van der Waals surface area contributed by atoms with Crippen LogP contribution in [0.3, 0.4) is 0 Å². The van der Waals surface area contributed by atoms with Crippen molar-refractivity contribution >= 4 is 34.0 Å². The molecule has 1 amide bonds. The number of rotatable bonds is 7. The summed E-state index contributed by atoms with van der Waals surface area (Å²) in [5.41, 5.74) is 7.53. The third kappa shape index (κ3) is 5.45. The van der Waals surface area contributed by atoms with Gasteiger partial charge in [0.05, 0.1) is 10.9 Å². The molecule has 6 nitrogen and oxygen atoms in total. The Kier molecular flexibility index (Phi) is 8.27. The summed E-state index contributed by atoms with van der Waals surface area (Å²) < 4.78 is 26.4. The van der Waals surface area contributed by atoms with Crippen molar-refractivity contribution in [2.24, 2.45) is 0 Å². The summed E-state index contributed by atoms with van der Waals surface area (Å²) in [6.45, 7) is 6.31. The number of anilines is 1. The average Bonchev–Trinajstić information content (AvgIpc) is 2.62. The second-order valence-electron chi connectivity index (χ2n) is 5.98. The van der Waals surface area contributed by atoms with E-state index in [2.05, 4.69) is 5.32 Å². The average molecular weight is 412 g/mol. The highest BCUT2D eigenvalue weighted by Crippen LogP contribution is 2.20. The molecule has 0 saturated carbocycles. The van der Waals surface area contributed by atoms with Crippen molar-refractivity contribution in [1.29, 1.82) is 0 Å². The van der Waals surface area contributed by atoms with Gasteiger partial charge in [0.25, 0.3) is 5.91 Å². The number of nitrogen functional groups attached to an aromatic ring is 1. The Labute approximate surface area is 167 Å². The molecule has 148 valence electrons. The summed E-state index contributed by atoms with van der Waals surface area (Å²) in [6.07, 6.45) is 0. The molecule has 0 aliphatic heterocycles. The van der Waals surface area contributed by atoms with Gasteiger partial charge in [-0.3, -0.25) is 4.79 Å². The number of carbonyl (C=O) groups is 1. The predicted molar refractivity (Wildman–Crippen MR) is 111 cm³/mol. The van der Waals surface area contributed by atoms with Crippen molar-refractivity contribution in [3.63, 3.8) is 0 Å². The van der Waals surface area contributed by atoms with Crippen LogP contribution in [0.5, 0.6) is 0 Å². The fourth-order valence-electron chi connectivity index (χ4n) is 2.68. The predicted octanol–water partition coefficient (Wildman–Crippen LogP) is 3.21. The lowest BCUT2D eigenvalue weighted by Crippen LogP contribution is -2.30. The molecule has 0 bridgehead atoms. The molecule has 0 saturated heterocycles. The van der Waals surface area contributed by atoms with Crippen LogP contribution < -0.4 is 11.1 Å². The number of carbonyl (C=O) groups excluding carboxylic acids is 1. The topological polar surface area (TPSA) is 92.5 Å². The molecule has 2 rings (SSSR count). The number of halogens is 1. The van der Waals surface area contributed by atoms with Crippen LogP contribution in [0.25, 0.3) is 0 Å². The summed E-state index contributed by atoms with van der Waals surface area (Å²) in [6, 6.07) is 13.1. The van der Waals surface area contributed by atoms with Crippen LogP contribution in [0.2, 0.25) is 0 Å². The normalized spacial score (nSPS) is 12.3. The first-order valence-electron chi connectivity index (χ1n) is 8.56. The van der Waals surface area contributed by atoms with Crippen molar-refractivity contribution in [2.75, 3.05) is 18.8 Å². The monoisotopic (exact) mass is 411 g/mol. The van der Waals surface area contributed by atoms with E-state index in [0.717, 1.165) is 5.56 Å². The Morgan fingerprint density at radius 1 is 1.11 bits per heavy atom. The summed E-state index contributed by atoms with van der Waals surface area (Å²) in [4.78, 5) is 12.6. The molecular weight excluding hydrogens is 386 g/mol. The van der Waals surface area contributed by atoms with Crippen molar-refractivity contribution in [2.45, 2.75) is 31.7 Å². The molecule has 8 heteroatoms. The van der Waals surface area contributed by atoms with Gasteiger partial charge in [0.1, 0.15) is 0 Å². The van der Waals surface area contributed by atoms with E-state index in [4.69, 9.17) is 5.73 Å². The molecule has 2 aromatic rings. The minimum absolute atomic E-state index is 0. The van der Waals surface area contributed by atoms with Gasteiger partial charge in [-0.2, -0.15) is 4.31 Å². The molecule has 0 radical (unpaired) electrons. The van der Waals surface area contributed by atoms with Gasteiger partial charge in [-0.1, -0.05) is 32.0 Å². The fourth-order valence-corrected chi connectivity index (χ4v) is 4.14. The second kappa shape index (κ2) is 9.73. The zero-order valence-corrected chi connectivity index (χ0v) is 17.3. The minimum atomic E-state index is -3.48. The quantitative estimate of drug-likeness (QED) is 0.684. The van der Waals surface area contributed by atoms with Crippen LogP contribution in [0.4, 0.5) is 5.69 Å². The van der Waals surface area contributed by atoms with Crippen LogP contribution in [0.1, 0.15) is 42.7 Å². The smallest absolute Gasteiger partial charge is 0.251 e. The van der Waals surface area contributed by atoms with Crippen LogP contribution in [0, 0.1) is 0 Å². The lowest BCUT2D eigenvalue weighted by atomic mass is 10.1. The summed E-state index contributed by atoms with van der Waals surface area (Å²) >= 11 is 0. The Morgan fingerprint density at radius 3 is 2.22 bits per heavy atom. The Bertz CT molecular complexity index is 866. The number of hydrogen-bond donors (Lipinski definition) is 2. The second-order valence-corrected chi connectivity index (χ2v) is 7.92. The van der Waals surface area contributed by atoms with Crippen LogP contribution in [-0.4, -0.2) is 31.7 Å². The standard InChI is InChI=1S/C19H25N3O3S.ClH/c1-4-22(5-2)26(24,25)18-11-9-15(10-12-18)14(3)21-19(23)16-7-6-8-17(20)13-16;/h6-14H,4-5,20H2,1-3H3,(H,21,23);1H. The molecule has 0 spiro atoms. The van der Waals surface area contributed by atoms with E-state index < -0.39 is 10.0 Å². The molecule has 27 heavy (non-hydrogen) atoms. The fraction of sp³-hybridized carbons (Fsp3) is 0.316. The minimum Gasteiger partial charge on any atom is -0.399 e. The third-order valence-electron chi connectivity index (χ3n) is 4.22.